The fourth-order valence-electron chi connectivity index (χ4n) is 2.96. The number of aromatic nitrogens is 3. The summed E-state index contributed by atoms with van der Waals surface area (Å²) in [5, 5.41) is 11.5. The average Bonchev–Trinajstić information content (AvgIpc) is 3.13. The molecule has 1 heterocycles. The molecule has 4 aromatic rings. The Morgan fingerprint density at radius 2 is 1.96 bits per heavy atom. The van der Waals surface area contributed by atoms with E-state index in [4.69, 9.17) is 4.74 Å². The fourth-order valence-corrected chi connectivity index (χ4v) is 2.96. The van der Waals surface area contributed by atoms with Gasteiger partial charge >= 0.3 is 0 Å². The molecular formula is C21H19N3O2. The lowest BCUT2D eigenvalue weighted by atomic mass is 10.1. The highest BCUT2D eigenvalue weighted by Crippen LogP contribution is 2.25. The molecule has 0 saturated carbocycles. The van der Waals surface area contributed by atoms with Crippen molar-refractivity contribution in [1.82, 2.24) is 15.0 Å². The lowest BCUT2D eigenvalue weighted by Crippen LogP contribution is -2.03. The Hall–Kier alpha value is -3.21. The number of ether oxygens (including phenoxy) is 1. The standard InChI is InChI=1S/C21H19N3O2/c1-2-3-12-26-20-13-17(10-8-16(20)14-25)24-22-19-11-9-15-6-4-5-7-18(15)21(19)23-24/h4-11,13-14H,2-3,12H2,1H3. The molecule has 26 heavy (non-hydrogen) atoms. The minimum Gasteiger partial charge on any atom is -0.493 e. The molecule has 1 aromatic heterocycles. The van der Waals surface area contributed by atoms with Gasteiger partial charge in [0.2, 0.25) is 0 Å². The van der Waals surface area contributed by atoms with Crippen molar-refractivity contribution in [2.45, 2.75) is 19.8 Å². The highest BCUT2D eigenvalue weighted by Gasteiger charge is 2.11. The monoisotopic (exact) mass is 345 g/mol. The van der Waals surface area contributed by atoms with E-state index in [2.05, 4.69) is 23.2 Å². The van der Waals surface area contributed by atoms with E-state index >= 15 is 0 Å². The van der Waals surface area contributed by atoms with E-state index in [9.17, 15) is 4.79 Å². The normalized spacial score (nSPS) is 11.1. The predicted molar refractivity (Wildman–Crippen MR) is 102 cm³/mol. The first-order valence-electron chi connectivity index (χ1n) is 8.77. The maximum Gasteiger partial charge on any atom is 0.153 e. The summed E-state index contributed by atoms with van der Waals surface area (Å²) in [5.41, 5.74) is 2.99. The number of carbonyl (C=O) groups is 1. The smallest absolute Gasteiger partial charge is 0.153 e. The SMILES string of the molecule is CCCCOc1cc(-n2nc3ccc4ccccc4c3n2)ccc1C=O. The van der Waals surface area contributed by atoms with Crippen molar-refractivity contribution < 1.29 is 9.53 Å². The summed E-state index contributed by atoms with van der Waals surface area (Å²) < 4.78 is 5.77. The van der Waals surface area contributed by atoms with Crippen molar-refractivity contribution in [2.24, 2.45) is 0 Å². The molecule has 0 aliphatic rings. The molecule has 0 unspecified atom stereocenters. The van der Waals surface area contributed by atoms with Crippen LogP contribution in [0.25, 0.3) is 27.5 Å². The Balaban J connectivity index is 1.78. The summed E-state index contributed by atoms with van der Waals surface area (Å²) in [6, 6.07) is 17.5. The molecule has 0 aliphatic heterocycles. The van der Waals surface area contributed by atoms with E-state index in [0.29, 0.717) is 17.9 Å². The lowest BCUT2D eigenvalue weighted by Gasteiger charge is -2.09. The molecule has 4 rings (SSSR count). The zero-order chi connectivity index (χ0) is 17.9. The third kappa shape index (κ3) is 2.92. The molecule has 0 bridgehead atoms. The molecule has 0 amide bonds. The summed E-state index contributed by atoms with van der Waals surface area (Å²) in [6.07, 6.45) is 2.79. The molecular weight excluding hydrogens is 326 g/mol. The highest BCUT2D eigenvalue weighted by atomic mass is 16.5. The van der Waals surface area contributed by atoms with Gasteiger partial charge in [-0.15, -0.1) is 10.2 Å². The Morgan fingerprint density at radius 1 is 1.08 bits per heavy atom. The molecule has 0 spiro atoms. The van der Waals surface area contributed by atoms with E-state index in [0.717, 1.165) is 46.6 Å². The van der Waals surface area contributed by atoms with Crippen molar-refractivity contribution in [2.75, 3.05) is 6.61 Å². The Bertz CT molecular complexity index is 1090. The quantitative estimate of drug-likeness (QED) is 0.379. The second-order valence-electron chi connectivity index (χ2n) is 6.19. The van der Waals surface area contributed by atoms with Crippen molar-refractivity contribution in [3.63, 3.8) is 0 Å². The van der Waals surface area contributed by atoms with E-state index in [1.165, 1.54) is 0 Å². The molecule has 0 fully saturated rings. The minimum absolute atomic E-state index is 0.534. The third-order valence-corrected chi connectivity index (χ3v) is 4.39. The number of nitrogens with zero attached hydrogens (tertiary/aromatic N) is 3. The van der Waals surface area contributed by atoms with Crippen LogP contribution in [0.5, 0.6) is 5.75 Å². The molecule has 0 radical (unpaired) electrons. The van der Waals surface area contributed by atoms with Gasteiger partial charge in [-0.3, -0.25) is 4.79 Å². The van der Waals surface area contributed by atoms with Gasteiger partial charge in [0.1, 0.15) is 16.8 Å². The number of benzene rings is 3. The van der Waals surface area contributed by atoms with Gasteiger partial charge in [0.25, 0.3) is 0 Å². The molecule has 0 saturated heterocycles. The van der Waals surface area contributed by atoms with Crippen molar-refractivity contribution in [3.05, 3.63) is 60.2 Å². The van der Waals surface area contributed by atoms with E-state index in [1.807, 2.05) is 42.5 Å². The molecule has 5 nitrogen and oxygen atoms in total. The molecule has 0 aliphatic carbocycles. The van der Waals surface area contributed by atoms with E-state index < -0.39 is 0 Å². The van der Waals surface area contributed by atoms with Crippen molar-refractivity contribution in [3.8, 4) is 11.4 Å². The Kier molecular flexibility index (Phi) is 4.35. The number of fused-ring (bicyclic) bond motifs is 3. The van der Waals surface area contributed by atoms with Gasteiger partial charge in [0.15, 0.2) is 6.29 Å². The summed E-state index contributed by atoms with van der Waals surface area (Å²) >= 11 is 0. The van der Waals surface area contributed by atoms with Crippen LogP contribution in [0.4, 0.5) is 0 Å². The Morgan fingerprint density at radius 3 is 2.81 bits per heavy atom. The summed E-state index contributed by atoms with van der Waals surface area (Å²) in [7, 11) is 0. The van der Waals surface area contributed by atoms with Gasteiger partial charge in [0, 0.05) is 11.5 Å². The van der Waals surface area contributed by atoms with Crippen LogP contribution in [0.3, 0.4) is 0 Å². The van der Waals surface area contributed by atoms with Crippen LogP contribution in [-0.2, 0) is 0 Å². The van der Waals surface area contributed by atoms with Crippen LogP contribution >= 0.6 is 0 Å². The lowest BCUT2D eigenvalue weighted by molar-refractivity contribution is 0.111. The summed E-state index contributed by atoms with van der Waals surface area (Å²) in [4.78, 5) is 12.9. The second-order valence-corrected chi connectivity index (χ2v) is 6.19. The number of rotatable bonds is 6. The van der Waals surface area contributed by atoms with Crippen LogP contribution in [0, 0.1) is 0 Å². The fraction of sp³-hybridized carbons (Fsp3) is 0.190. The van der Waals surface area contributed by atoms with Crippen LogP contribution in [-0.4, -0.2) is 27.9 Å². The number of aldehydes is 1. The third-order valence-electron chi connectivity index (χ3n) is 4.39. The van der Waals surface area contributed by atoms with E-state index in [1.54, 1.807) is 10.9 Å². The van der Waals surface area contributed by atoms with Crippen molar-refractivity contribution >= 4 is 28.1 Å². The van der Waals surface area contributed by atoms with Crippen LogP contribution < -0.4 is 4.74 Å². The van der Waals surface area contributed by atoms with Crippen LogP contribution in [0.2, 0.25) is 0 Å². The first-order chi connectivity index (χ1) is 12.8. The van der Waals surface area contributed by atoms with Crippen LogP contribution in [0.15, 0.2) is 54.6 Å². The molecule has 3 aromatic carbocycles. The molecule has 5 heteroatoms. The summed E-state index contributed by atoms with van der Waals surface area (Å²) in [5.74, 6) is 0.567. The van der Waals surface area contributed by atoms with E-state index in [-0.39, 0.29) is 0 Å². The second kappa shape index (κ2) is 6.96. The number of unbranched alkanes of at least 4 members (excludes halogenated alkanes) is 1. The largest absolute Gasteiger partial charge is 0.493 e. The maximum absolute atomic E-state index is 11.3. The molecule has 130 valence electrons. The van der Waals surface area contributed by atoms with Crippen LogP contribution in [0.1, 0.15) is 30.1 Å². The zero-order valence-electron chi connectivity index (χ0n) is 14.6. The number of hydrogen-bond acceptors (Lipinski definition) is 4. The van der Waals surface area contributed by atoms with Gasteiger partial charge in [-0.25, -0.2) is 0 Å². The minimum atomic E-state index is 0.534. The summed E-state index contributed by atoms with van der Waals surface area (Å²) in [6.45, 7) is 2.68. The molecule has 0 atom stereocenters. The zero-order valence-corrected chi connectivity index (χ0v) is 14.6. The van der Waals surface area contributed by atoms with Gasteiger partial charge < -0.3 is 4.74 Å². The first-order valence-corrected chi connectivity index (χ1v) is 8.77. The van der Waals surface area contributed by atoms with Gasteiger partial charge in [-0.2, -0.15) is 4.80 Å². The number of carbonyl (C=O) groups excluding carboxylic acids is 1. The molecule has 0 N–H and O–H groups in total. The maximum atomic E-state index is 11.3. The first kappa shape index (κ1) is 16.3. The predicted octanol–water partition coefficient (Wildman–Crippen LogP) is 4.57. The highest BCUT2D eigenvalue weighted by molar-refractivity contribution is 6.03. The van der Waals surface area contributed by atoms with Gasteiger partial charge in [-0.05, 0) is 30.0 Å². The van der Waals surface area contributed by atoms with Gasteiger partial charge in [-0.1, -0.05) is 43.7 Å². The van der Waals surface area contributed by atoms with Crippen molar-refractivity contribution in [1.29, 1.82) is 0 Å². The van der Waals surface area contributed by atoms with Gasteiger partial charge in [0.05, 0.1) is 17.9 Å². The average molecular weight is 345 g/mol. The Labute approximate surface area is 151 Å². The number of hydrogen-bond donors (Lipinski definition) is 0. The topological polar surface area (TPSA) is 57.0 Å².